The van der Waals surface area contributed by atoms with E-state index in [1.807, 2.05) is 0 Å². The zero-order valence-corrected chi connectivity index (χ0v) is 10.7. The molecule has 6 nitrogen and oxygen atoms in total. The molecule has 0 heterocycles. The summed E-state index contributed by atoms with van der Waals surface area (Å²) in [5.41, 5.74) is -6.00. The van der Waals surface area contributed by atoms with Crippen molar-refractivity contribution in [2.45, 2.75) is 11.7 Å². The van der Waals surface area contributed by atoms with Crippen LogP contribution in [0.5, 0.6) is 0 Å². The molecule has 1 rings (SSSR count). The van der Waals surface area contributed by atoms with Crippen LogP contribution >= 0.6 is 16.3 Å². The number of hydrogen-bond donors (Lipinski definition) is 3. The third-order valence-corrected chi connectivity index (χ3v) is 3.46. The summed E-state index contributed by atoms with van der Waals surface area (Å²) in [5, 5.41) is 9.67. The second-order valence-electron chi connectivity index (χ2n) is 3.25. The van der Waals surface area contributed by atoms with Gasteiger partial charge in [-0.2, -0.15) is 18.1 Å². The summed E-state index contributed by atoms with van der Waals surface area (Å²) >= 11 is 0. The third kappa shape index (κ3) is 3.54. The molecule has 0 saturated heterocycles. The van der Waals surface area contributed by atoms with E-state index in [-0.39, 0.29) is 0 Å². The predicted octanol–water partition coefficient (Wildman–Crippen LogP) is 2.21. The van der Waals surface area contributed by atoms with Crippen LogP contribution in [0.1, 0.15) is 11.1 Å². The van der Waals surface area contributed by atoms with Gasteiger partial charge in [0.1, 0.15) is 0 Å². The van der Waals surface area contributed by atoms with Crippen LogP contribution in [0.4, 0.5) is 13.2 Å². The molecule has 19 heavy (non-hydrogen) atoms. The fraction of sp³-hybridized carbons (Fsp3) is 0.250. The van der Waals surface area contributed by atoms with Crippen molar-refractivity contribution in [3.63, 3.8) is 0 Å². The molecule has 0 amide bonds. The zero-order chi connectivity index (χ0) is 14.8. The molecule has 104 valence electrons. The highest BCUT2D eigenvalue weighted by atomic mass is 31.1. The fourth-order valence-electron chi connectivity index (χ4n) is 1.31. The molecule has 0 radical (unpaired) electrons. The van der Waals surface area contributed by atoms with Crippen LogP contribution in [0, 0.1) is 0 Å². The Morgan fingerprint density at radius 3 is 1.89 bits per heavy atom. The number of benzene rings is 1. The van der Waals surface area contributed by atoms with Crippen LogP contribution in [0.3, 0.4) is 0 Å². The second kappa shape index (κ2) is 5.58. The van der Waals surface area contributed by atoms with Gasteiger partial charge in [-0.25, -0.2) is 0 Å². The van der Waals surface area contributed by atoms with Crippen LogP contribution in [0.25, 0.3) is 0 Å². The maximum absolute atomic E-state index is 12.7. The second-order valence-corrected chi connectivity index (χ2v) is 5.06. The van der Waals surface area contributed by atoms with Crippen molar-refractivity contribution >= 4 is 16.3 Å². The molecule has 0 aliphatic heterocycles. The molecule has 3 unspecified atom stereocenters. The van der Waals surface area contributed by atoms with Crippen molar-refractivity contribution in [3.05, 3.63) is 35.4 Å². The van der Waals surface area contributed by atoms with Crippen LogP contribution < -0.4 is 0 Å². The summed E-state index contributed by atoms with van der Waals surface area (Å²) in [6.07, 6.45) is -4.94. The van der Waals surface area contributed by atoms with Crippen molar-refractivity contribution in [1.29, 1.82) is 0 Å². The first-order chi connectivity index (χ1) is 8.59. The number of halogens is 3. The van der Waals surface area contributed by atoms with E-state index >= 15 is 0 Å². The number of hydrogen-bond acceptors (Lipinski definition) is 4. The van der Waals surface area contributed by atoms with Gasteiger partial charge in [0.25, 0.3) is 0 Å². The van der Waals surface area contributed by atoms with Crippen molar-refractivity contribution in [1.82, 2.24) is 0 Å². The van der Waals surface area contributed by atoms with E-state index in [0.717, 1.165) is 12.1 Å². The Balaban J connectivity index is 3.48. The van der Waals surface area contributed by atoms with Gasteiger partial charge in [-0.1, -0.05) is 12.1 Å². The lowest BCUT2D eigenvalue weighted by Gasteiger charge is -2.15. The van der Waals surface area contributed by atoms with Gasteiger partial charge in [0, 0.05) is 4.57 Å². The van der Waals surface area contributed by atoms with E-state index in [2.05, 4.69) is 4.52 Å². The minimum atomic E-state index is -4.94. The van der Waals surface area contributed by atoms with Crippen molar-refractivity contribution in [3.8, 4) is 0 Å². The van der Waals surface area contributed by atoms with Crippen molar-refractivity contribution in [2.24, 2.45) is 0 Å². The molecule has 0 saturated carbocycles. The monoisotopic (exact) mass is 318 g/mol. The van der Waals surface area contributed by atoms with Crippen LogP contribution in [0.15, 0.2) is 24.3 Å². The van der Waals surface area contributed by atoms with Crippen LogP contribution in [0.2, 0.25) is 0 Å². The molecule has 11 heteroatoms. The molecule has 3 atom stereocenters. The quantitative estimate of drug-likeness (QED) is 0.581. The minimum absolute atomic E-state index is 0.535. The Kier molecular flexibility index (Phi) is 4.73. The molecule has 0 fully saturated rings. The molecule has 0 bridgehead atoms. The average molecular weight is 318 g/mol. The highest BCUT2D eigenvalue weighted by molar-refractivity contribution is 7.40. The molecular formula is C8H7F3O6P2+2. The Bertz CT molecular complexity index is 519. The Labute approximate surface area is 106 Å². The van der Waals surface area contributed by atoms with Gasteiger partial charge in [-0.15, -0.1) is 4.89 Å². The van der Waals surface area contributed by atoms with Crippen LogP contribution in [-0.2, 0) is 25.4 Å². The lowest BCUT2D eigenvalue weighted by molar-refractivity contribution is -0.144. The van der Waals surface area contributed by atoms with Gasteiger partial charge >= 0.3 is 28.0 Å². The Morgan fingerprint density at radius 1 is 1.05 bits per heavy atom. The average Bonchev–Trinajstić information content (AvgIpc) is 2.26. The summed E-state index contributed by atoms with van der Waals surface area (Å²) in [5.74, 6) is 0. The van der Waals surface area contributed by atoms with E-state index in [9.17, 15) is 27.4 Å². The largest absolute Gasteiger partial charge is 0.702 e. The van der Waals surface area contributed by atoms with Gasteiger partial charge < -0.3 is 5.11 Å². The summed E-state index contributed by atoms with van der Waals surface area (Å²) in [7, 11) is -7.38. The molecule has 0 spiro atoms. The zero-order valence-electron chi connectivity index (χ0n) is 8.90. The van der Waals surface area contributed by atoms with Gasteiger partial charge in [0.2, 0.25) is 0 Å². The molecule has 3 N–H and O–H groups in total. The first-order valence-corrected chi connectivity index (χ1v) is 6.84. The van der Waals surface area contributed by atoms with E-state index in [4.69, 9.17) is 9.79 Å². The van der Waals surface area contributed by atoms with Crippen molar-refractivity contribution < 1.29 is 41.7 Å². The first kappa shape index (κ1) is 16.1. The topological polar surface area (TPSA) is 104 Å². The molecular weight excluding hydrogens is 311 g/mol. The normalized spacial score (nSPS) is 16.7. The summed E-state index contributed by atoms with van der Waals surface area (Å²) in [4.78, 5) is 17.4. The number of rotatable bonds is 4. The lowest BCUT2D eigenvalue weighted by Crippen LogP contribution is -2.26. The SMILES string of the molecule is O=[P+](O)OC(O)(c1ccccc1C(F)(F)F)[P+](=O)O. The summed E-state index contributed by atoms with van der Waals surface area (Å²) in [6.45, 7) is 0. The highest BCUT2D eigenvalue weighted by Crippen LogP contribution is 2.51. The first-order valence-electron chi connectivity index (χ1n) is 4.49. The molecule has 1 aromatic carbocycles. The smallest absolute Gasteiger partial charge is 0.317 e. The Morgan fingerprint density at radius 2 is 1.53 bits per heavy atom. The van der Waals surface area contributed by atoms with Gasteiger partial charge in [-0.3, -0.25) is 0 Å². The van der Waals surface area contributed by atoms with E-state index < -0.39 is 39.1 Å². The number of alkyl halides is 3. The molecule has 0 aromatic heterocycles. The third-order valence-electron chi connectivity index (χ3n) is 2.05. The summed E-state index contributed by atoms with van der Waals surface area (Å²) < 4.78 is 63.5. The highest BCUT2D eigenvalue weighted by Gasteiger charge is 2.61. The predicted molar refractivity (Wildman–Crippen MR) is 56.1 cm³/mol. The standard InChI is InChI=1S/C8H5F3O6P2/c9-7(10,11)5-3-1-2-4-6(5)8(12,18(13)14)17-19(15)16/h1-4,12H/p+2. The maximum atomic E-state index is 12.7. The minimum Gasteiger partial charge on any atom is -0.317 e. The van der Waals surface area contributed by atoms with E-state index in [1.54, 1.807) is 0 Å². The van der Waals surface area contributed by atoms with Gasteiger partial charge in [-0.05, 0) is 21.2 Å². The van der Waals surface area contributed by atoms with Gasteiger partial charge in [0.15, 0.2) is 0 Å². The number of aliphatic hydroxyl groups is 1. The summed E-state index contributed by atoms with van der Waals surface area (Å²) in [6, 6.07) is 3.23. The van der Waals surface area contributed by atoms with Crippen molar-refractivity contribution in [2.75, 3.05) is 0 Å². The van der Waals surface area contributed by atoms with Crippen LogP contribution in [-0.4, -0.2) is 14.9 Å². The van der Waals surface area contributed by atoms with E-state index in [0.29, 0.717) is 12.1 Å². The fourth-order valence-corrected chi connectivity index (χ4v) is 2.52. The van der Waals surface area contributed by atoms with Gasteiger partial charge in [0.05, 0.1) is 11.1 Å². The molecule has 0 aliphatic rings. The van der Waals surface area contributed by atoms with E-state index in [1.165, 1.54) is 0 Å². The lowest BCUT2D eigenvalue weighted by atomic mass is 10.1. The Hall–Kier alpha value is -0.950. The maximum Gasteiger partial charge on any atom is 0.702 e. The molecule has 1 aromatic rings. The molecule has 0 aliphatic carbocycles.